The first-order chi connectivity index (χ1) is 12.0. The number of fused-ring (bicyclic) bond motifs is 1. The van der Waals surface area contributed by atoms with Crippen LogP contribution >= 0.6 is 0 Å². The number of likely N-dealkylation sites (tertiary alicyclic amines) is 1. The van der Waals surface area contributed by atoms with Gasteiger partial charge in [0, 0.05) is 32.4 Å². The number of amides is 2. The quantitative estimate of drug-likeness (QED) is 0.872. The average Bonchev–Trinajstić information content (AvgIpc) is 3.46. The van der Waals surface area contributed by atoms with E-state index < -0.39 is 0 Å². The Kier molecular flexibility index (Phi) is 4.09. The van der Waals surface area contributed by atoms with Crippen LogP contribution in [0.3, 0.4) is 0 Å². The number of aromatic nitrogens is 2. The van der Waals surface area contributed by atoms with E-state index in [0.29, 0.717) is 30.9 Å². The smallest absolute Gasteiger partial charge is 0.256 e. The predicted molar refractivity (Wildman–Crippen MR) is 90.7 cm³/mol. The zero-order valence-electron chi connectivity index (χ0n) is 14.6. The van der Waals surface area contributed by atoms with Gasteiger partial charge in [0.25, 0.3) is 5.56 Å². The summed E-state index contributed by atoms with van der Waals surface area (Å²) in [5.41, 5.74) is 1.19. The van der Waals surface area contributed by atoms with Crippen LogP contribution in [0.2, 0.25) is 0 Å². The molecule has 25 heavy (non-hydrogen) atoms. The number of hydrogen-bond donors (Lipinski definition) is 1. The number of nitrogens with zero attached hydrogens (tertiary/aromatic N) is 3. The van der Waals surface area contributed by atoms with Crippen LogP contribution in [-0.4, -0.2) is 44.7 Å². The Labute approximate surface area is 146 Å². The Morgan fingerprint density at radius 1 is 1.16 bits per heavy atom. The second-order valence-electron chi connectivity index (χ2n) is 7.38. The molecule has 0 aromatic carbocycles. The van der Waals surface area contributed by atoms with Crippen molar-refractivity contribution in [1.29, 1.82) is 0 Å². The number of aromatic amines is 1. The minimum atomic E-state index is -0.171. The molecule has 0 spiro atoms. The fourth-order valence-electron chi connectivity index (χ4n) is 3.92. The molecule has 1 aromatic rings. The van der Waals surface area contributed by atoms with Crippen molar-refractivity contribution in [3.05, 3.63) is 27.4 Å². The highest BCUT2D eigenvalue weighted by Gasteiger charge is 2.38. The summed E-state index contributed by atoms with van der Waals surface area (Å²) in [5, 5.41) is 0. The van der Waals surface area contributed by atoms with Crippen LogP contribution in [-0.2, 0) is 22.6 Å². The van der Waals surface area contributed by atoms with Gasteiger partial charge in [-0.3, -0.25) is 14.4 Å². The van der Waals surface area contributed by atoms with Gasteiger partial charge in [-0.15, -0.1) is 0 Å². The maximum absolute atomic E-state index is 12.6. The molecule has 0 bridgehead atoms. The molecule has 7 heteroatoms. The highest BCUT2D eigenvalue weighted by Crippen LogP contribution is 2.37. The van der Waals surface area contributed by atoms with Gasteiger partial charge in [-0.2, -0.15) is 0 Å². The van der Waals surface area contributed by atoms with Crippen molar-refractivity contribution in [2.45, 2.75) is 58.0 Å². The van der Waals surface area contributed by atoms with Crippen LogP contribution in [0.1, 0.15) is 62.2 Å². The van der Waals surface area contributed by atoms with Gasteiger partial charge in [0.2, 0.25) is 11.8 Å². The molecule has 1 aromatic heterocycles. The second-order valence-corrected chi connectivity index (χ2v) is 7.38. The molecular formula is C18H24N4O3. The lowest BCUT2D eigenvalue weighted by molar-refractivity contribution is -0.136. The largest absolute Gasteiger partial charge is 0.338 e. The summed E-state index contributed by atoms with van der Waals surface area (Å²) in [7, 11) is 0. The van der Waals surface area contributed by atoms with E-state index in [1.165, 1.54) is 6.92 Å². The standard InChI is InChI=1S/C18H24N4O3/c1-11(23)21-9-7-14-13(10-21)17(24)20-16(19-14)15-4-2-3-8-22(15)18(25)12-5-6-12/h12,15H,2-10H2,1H3,(H,19,20,24)/t15-/m1/s1. The molecule has 0 radical (unpaired) electrons. The minimum absolute atomic E-state index is 0.0254. The van der Waals surface area contributed by atoms with Gasteiger partial charge in [-0.05, 0) is 32.1 Å². The van der Waals surface area contributed by atoms with Crippen LogP contribution in [0.5, 0.6) is 0 Å². The zero-order chi connectivity index (χ0) is 17.6. The molecule has 4 rings (SSSR count). The van der Waals surface area contributed by atoms with Crippen LogP contribution in [0.4, 0.5) is 0 Å². The van der Waals surface area contributed by atoms with E-state index in [9.17, 15) is 14.4 Å². The Hall–Kier alpha value is -2.18. The molecule has 1 N–H and O–H groups in total. The molecule has 1 atom stereocenters. The second kappa shape index (κ2) is 6.28. The summed E-state index contributed by atoms with van der Waals surface area (Å²) < 4.78 is 0. The minimum Gasteiger partial charge on any atom is -0.338 e. The monoisotopic (exact) mass is 344 g/mol. The number of rotatable bonds is 2. The fourth-order valence-corrected chi connectivity index (χ4v) is 3.92. The third kappa shape index (κ3) is 3.07. The molecule has 0 unspecified atom stereocenters. The van der Waals surface area contributed by atoms with Crippen molar-refractivity contribution < 1.29 is 9.59 Å². The molecule has 1 saturated heterocycles. The molecule has 3 aliphatic rings. The van der Waals surface area contributed by atoms with Gasteiger partial charge >= 0.3 is 0 Å². The van der Waals surface area contributed by atoms with E-state index in [1.807, 2.05) is 4.90 Å². The molecule has 3 heterocycles. The molecule has 1 saturated carbocycles. The first-order valence-corrected chi connectivity index (χ1v) is 9.22. The molecule has 2 fully saturated rings. The van der Waals surface area contributed by atoms with Crippen molar-refractivity contribution in [2.24, 2.45) is 5.92 Å². The van der Waals surface area contributed by atoms with E-state index in [-0.39, 0.29) is 29.3 Å². The molecule has 1 aliphatic carbocycles. The molecule has 2 amide bonds. The third-order valence-corrected chi connectivity index (χ3v) is 5.56. The van der Waals surface area contributed by atoms with Crippen LogP contribution in [0.25, 0.3) is 0 Å². The summed E-state index contributed by atoms with van der Waals surface area (Å²) in [6, 6.07) is -0.120. The number of carbonyl (C=O) groups is 2. The summed E-state index contributed by atoms with van der Waals surface area (Å²) >= 11 is 0. The van der Waals surface area contributed by atoms with Gasteiger partial charge < -0.3 is 14.8 Å². The Morgan fingerprint density at radius 2 is 1.96 bits per heavy atom. The maximum Gasteiger partial charge on any atom is 0.256 e. The molecule has 7 nitrogen and oxygen atoms in total. The van der Waals surface area contributed by atoms with Crippen molar-refractivity contribution in [1.82, 2.24) is 19.8 Å². The van der Waals surface area contributed by atoms with Gasteiger partial charge in [-0.25, -0.2) is 4.98 Å². The third-order valence-electron chi connectivity index (χ3n) is 5.56. The summed E-state index contributed by atoms with van der Waals surface area (Å²) in [6.07, 6.45) is 5.46. The van der Waals surface area contributed by atoms with Crippen molar-refractivity contribution in [2.75, 3.05) is 13.1 Å². The van der Waals surface area contributed by atoms with Gasteiger partial charge in [0.1, 0.15) is 5.82 Å². The highest BCUT2D eigenvalue weighted by molar-refractivity contribution is 5.81. The van der Waals surface area contributed by atoms with Crippen LogP contribution < -0.4 is 5.56 Å². The predicted octanol–water partition coefficient (Wildman–Crippen LogP) is 1.14. The lowest BCUT2D eigenvalue weighted by Crippen LogP contribution is -2.42. The number of carbonyl (C=O) groups excluding carboxylic acids is 2. The molecule has 134 valence electrons. The van der Waals surface area contributed by atoms with E-state index in [2.05, 4.69) is 4.98 Å². The lowest BCUT2D eigenvalue weighted by atomic mass is 9.99. The summed E-state index contributed by atoms with van der Waals surface area (Å²) in [5.74, 6) is 0.984. The van der Waals surface area contributed by atoms with E-state index >= 15 is 0 Å². The number of hydrogen-bond acceptors (Lipinski definition) is 4. The summed E-state index contributed by atoms with van der Waals surface area (Å²) in [6.45, 7) is 3.18. The Balaban J connectivity index is 1.64. The van der Waals surface area contributed by atoms with Gasteiger partial charge in [0.15, 0.2) is 0 Å². The number of H-pyrrole nitrogens is 1. The van der Waals surface area contributed by atoms with E-state index in [1.54, 1.807) is 4.90 Å². The lowest BCUT2D eigenvalue weighted by Gasteiger charge is -2.36. The average molecular weight is 344 g/mol. The Morgan fingerprint density at radius 3 is 2.68 bits per heavy atom. The van der Waals surface area contributed by atoms with Crippen LogP contribution in [0, 0.1) is 5.92 Å². The van der Waals surface area contributed by atoms with E-state index in [0.717, 1.165) is 44.3 Å². The normalized spacial score (nSPS) is 23.3. The van der Waals surface area contributed by atoms with E-state index in [4.69, 9.17) is 4.98 Å². The molecular weight excluding hydrogens is 320 g/mol. The first kappa shape index (κ1) is 16.3. The topological polar surface area (TPSA) is 86.4 Å². The molecule has 2 aliphatic heterocycles. The number of piperidine rings is 1. The van der Waals surface area contributed by atoms with Crippen molar-refractivity contribution in [3.63, 3.8) is 0 Å². The summed E-state index contributed by atoms with van der Waals surface area (Å²) in [4.78, 5) is 48.0. The maximum atomic E-state index is 12.6. The Bertz CT molecular complexity index is 768. The zero-order valence-corrected chi connectivity index (χ0v) is 14.6. The SMILES string of the molecule is CC(=O)N1CCc2nc([C@H]3CCCCN3C(=O)C3CC3)[nH]c(=O)c2C1. The first-order valence-electron chi connectivity index (χ1n) is 9.22. The fraction of sp³-hybridized carbons (Fsp3) is 0.667. The van der Waals surface area contributed by atoms with Crippen molar-refractivity contribution in [3.8, 4) is 0 Å². The highest BCUT2D eigenvalue weighted by atomic mass is 16.2. The number of nitrogens with one attached hydrogen (secondary N) is 1. The van der Waals surface area contributed by atoms with Crippen molar-refractivity contribution >= 4 is 11.8 Å². The van der Waals surface area contributed by atoms with Gasteiger partial charge in [-0.1, -0.05) is 0 Å². The van der Waals surface area contributed by atoms with Crippen LogP contribution in [0.15, 0.2) is 4.79 Å². The van der Waals surface area contributed by atoms with Gasteiger partial charge in [0.05, 0.1) is 23.8 Å².